The zero-order valence-electron chi connectivity index (χ0n) is 16.0. The molecule has 0 aliphatic heterocycles. The van der Waals surface area contributed by atoms with Crippen LogP contribution in [0.1, 0.15) is 27.4 Å². The van der Waals surface area contributed by atoms with Gasteiger partial charge in [-0.05, 0) is 55.3 Å². The van der Waals surface area contributed by atoms with Crippen molar-refractivity contribution in [1.29, 1.82) is 0 Å². The molecule has 0 bridgehead atoms. The number of hydrogen-bond acceptors (Lipinski definition) is 5. The van der Waals surface area contributed by atoms with Gasteiger partial charge in [0.15, 0.2) is 6.61 Å². The van der Waals surface area contributed by atoms with Crippen LogP contribution in [0.5, 0.6) is 5.75 Å². The van der Waals surface area contributed by atoms with Gasteiger partial charge in [0.1, 0.15) is 18.1 Å². The van der Waals surface area contributed by atoms with Crippen LogP contribution in [-0.2, 0) is 16.1 Å². The molecule has 6 nitrogen and oxygen atoms in total. The van der Waals surface area contributed by atoms with E-state index in [-0.39, 0.29) is 12.4 Å². The highest BCUT2D eigenvalue weighted by Crippen LogP contribution is 2.27. The van der Waals surface area contributed by atoms with Crippen LogP contribution in [0, 0.1) is 13.8 Å². The van der Waals surface area contributed by atoms with Crippen LogP contribution in [-0.4, -0.2) is 18.5 Å². The molecule has 0 spiro atoms. The van der Waals surface area contributed by atoms with Gasteiger partial charge in [-0.2, -0.15) is 0 Å². The van der Waals surface area contributed by atoms with Gasteiger partial charge in [-0.15, -0.1) is 0 Å². The molecule has 3 rings (SSSR count). The summed E-state index contributed by atoms with van der Waals surface area (Å²) in [5.74, 6) is -0.0830. The molecule has 0 atom stereocenters. The number of para-hydroxylation sites is 1. The highest BCUT2D eigenvalue weighted by atomic mass is 35.5. The molecule has 2 aromatic carbocycles. The molecule has 0 saturated heterocycles. The second-order valence-corrected chi connectivity index (χ2v) is 6.84. The van der Waals surface area contributed by atoms with E-state index >= 15 is 0 Å². The average molecular weight is 414 g/mol. The zero-order valence-corrected chi connectivity index (χ0v) is 16.8. The van der Waals surface area contributed by atoms with E-state index in [9.17, 15) is 9.59 Å². The zero-order chi connectivity index (χ0) is 20.8. The fourth-order valence-electron chi connectivity index (χ4n) is 2.69. The molecule has 0 radical (unpaired) electrons. The number of anilines is 1. The van der Waals surface area contributed by atoms with Crippen molar-refractivity contribution >= 4 is 29.2 Å². The number of amides is 1. The monoisotopic (exact) mass is 413 g/mol. The summed E-state index contributed by atoms with van der Waals surface area (Å²) in [6.45, 7) is 3.46. The quantitative estimate of drug-likeness (QED) is 0.556. The van der Waals surface area contributed by atoms with E-state index < -0.39 is 18.5 Å². The number of furan rings is 1. The number of aryl methyl sites for hydroxylation is 2. The van der Waals surface area contributed by atoms with Crippen molar-refractivity contribution < 1.29 is 23.5 Å². The Kier molecular flexibility index (Phi) is 6.57. The van der Waals surface area contributed by atoms with Crippen molar-refractivity contribution in [2.24, 2.45) is 0 Å². The van der Waals surface area contributed by atoms with Gasteiger partial charge >= 0.3 is 5.97 Å². The third kappa shape index (κ3) is 5.62. The van der Waals surface area contributed by atoms with Crippen molar-refractivity contribution in [3.63, 3.8) is 0 Å². The number of halogens is 1. The summed E-state index contributed by atoms with van der Waals surface area (Å²) in [5, 5.41) is 3.08. The van der Waals surface area contributed by atoms with E-state index in [0.29, 0.717) is 22.2 Å². The molecule has 29 heavy (non-hydrogen) atoms. The molecular formula is C22H20ClNO5. The van der Waals surface area contributed by atoms with Crippen molar-refractivity contribution in [3.8, 4) is 5.75 Å². The minimum atomic E-state index is -0.738. The number of carbonyl (C=O) groups is 2. The van der Waals surface area contributed by atoms with E-state index in [2.05, 4.69) is 5.32 Å². The van der Waals surface area contributed by atoms with Gasteiger partial charge in [0.2, 0.25) is 5.76 Å². The van der Waals surface area contributed by atoms with Crippen molar-refractivity contribution in [2.75, 3.05) is 11.9 Å². The lowest BCUT2D eigenvalue weighted by Gasteiger charge is -2.11. The Labute approximate surface area is 173 Å². The van der Waals surface area contributed by atoms with Crippen LogP contribution in [0.4, 0.5) is 5.69 Å². The number of hydrogen-bond donors (Lipinski definition) is 1. The number of nitrogens with one attached hydrogen (secondary N) is 1. The Morgan fingerprint density at radius 1 is 1.07 bits per heavy atom. The van der Waals surface area contributed by atoms with E-state index in [4.69, 9.17) is 25.5 Å². The molecule has 0 fully saturated rings. The highest BCUT2D eigenvalue weighted by molar-refractivity contribution is 6.34. The van der Waals surface area contributed by atoms with Crippen LogP contribution in [0.3, 0.4) is 0 Å². The van der Waals surface area contributed by atoms with Gasteiger partial charge in [0.05, 0.1) is 10.7 Å². The summed E-state index contributed by atoms with van der Waals surface area (Å²) in [6, 6.07) is 16.0. The Balaban J connectivity index is 1.50. The van der Waals surface area contributed by atoms with Crippen LogP contribution in [0.15, 0.2) is 59.0 Å². The molecule has 1 aromatic heterocycles. The number of benzene rings is 2. The molecular weight excluding hydrogens is 394 g/mol. The van der Waals surface area contributed by atoms with Gasteiger partial charge in [-0.1, -0.05) is 35.9 Å². The molecule has 0 aliphatic rings. The first kappa shape index (κ1) is 20.5. The molecule has 1 amide bonds. The molecule has 0 unspecified atom stereocenters. The van der Waals surface area contributed by atoms with E-state index in [1.807, 2.05) is 50.2 Å². The van der Waals surface area contributed by atoms with E-state index in [1.54, 1.807) is 12.1 Å². The van der Waals surface area contributed by atoms with Crippen molar-refractivity contribution in [1.82, 2.24) is 0 Å². The van der Waals surface area contributed by atoms with Gasteiger partial charge in [0.25, 0.3) is 5.91 Å². The van der Waals surface area contributed by atoms with Gasteiger partial charge in [0, 0.05) is 0 Å². The minimum Gasteiger partial charge on any atom is -0.486 e. The standard InChI is InChI=1S/C22H20ClNO5/c1-14-10-15(2)21(18(23)11-14)24-20(25)13-28-22(26)19-9-8-17(29-19)12-27-16-6-4-3-5-7-16/h3-11H,12-13H2,1-2H3,(H,24,25). The van der Waals surface area contributed by atoms with Crippen LogP contribution >= 0.6 is 11.6 Å². The second-order valence-electron chi connectivity index (χ2n) is 6.43. The fourth-order valence-corrected chi connectivity index (χ4v) is 3.06. The summed E-state index contributed by atoms with van der Waals surface area (Å²) in [7, 11) is 0. The molecule has 1 N–H and O–H groups in total. The first-order valence-electron chi connectivity index (χ1n) is 8.92. The average Bonchev–Trinajstić information content (AvgIpc) is 3.17. The summed E-state index contributed by atoms with van der Waals surface area (Å²) >= 11 is 6.16. The molecule has 7 heteroatoms. The summed E-state index contributed by atoms with van der Waals surface area (Å²) in [4.78, 5) is 24.2. The maximum absolute atomic E-state index is 12.1. The van der Waals surface area contributed by atoms with Gasteiger partial charge in [-0.25, -0.2) is 4.79 Å². The fraction of sp³-hybridized carbons (Fsp3) is 0.182. The number of rotatable bonds is 7. The third-order valence-electron chi connectivity index (χ3n) is 4.02. The predicted molar refractivity (Wildman–Crippen MR) is 109 cm³/mol. The van der Waals surface area contributed by atoms with Crippen LogP contribution in [0.25, 0.3) is 0 Å². The first-order valence-corrected chi connectivity index (χ1v) is 9.30. The number of carbonyl (C=O) groups excluding carboxylic acids is 2. The molecule has 150 valence electrons. The molecule has 3 aromatic rings. The predicted octanol–water partition coefficient (Wildman–Crippen LogP) is 4.92. The van der Waals surface area contributed by atoms with E-state index in [0.717, 1.165) is 11.1 Å². The maximum Gasteiger partial charge on any atom is 0.374 e. The topological polar surface area (TPSA) is 77.8 Å². The van der Waals surface area contributed by atoms with Crippen LogP contribution < -0.4 is 10.1 Å². The van der Waals surface area contributed by atoms with Crippen molar-refractivity contribution in [2.45, 2.75) is 20.5 Å². The Hall–Kier alpha value is -3.25. The third-order valence-corrected chi connectivity index (χ3v) is 4.32. The Bertz CT molecular complexity index is 990. The lowest BCUT2D eigenvalue weighted by molar-refractivity contribution is -0.119. The molecule has 1 heterocycles. The van der Waals surface area contributed by atoms with Crippen molar-refractivity contribution in [3.05, 3.63) is 82.3 Å². The summed E-state index contributed by atoms with van der Waals surface area (Å²) < 4.78 is 16.0. The number of ether oxygens (including phenoxy) is 2. The largest absolute Gasteiger partial charge is 0.486 e. The lowest BCUT2D eigenvalue weighted by atomic mass is 10.1. The molecule has 0 aliphatic carbocycles. The van der Waals surface area contributed by atoms with Crippen LogP contribution in [0.2, 0.25) is 5.02 Å². The normalized spacial score (nSPS) is 10.4. The van der Waals surface area contributed by atoms with E-state index in [1.165, 1.54) is 6.07 Å². The lowest BCUT2D eigenvalue weighted by Crippen LogP contribution is -2.21. The van der Waals surface area contributed by atoms with Gasteiger partial charge < -0.3 is 19.2 Å². The minimum absolute atomic E-state index is 0.00555. The second kappa shape index (κ2) is 9.30. The summed E-state index contributed by atoms with van der Waals surface area (Å²) in [5.41, 5.74) is 2.31. The Morgan fingerprint density at radius 3 is 2.55 bits per heavy atom. The molecule has 0 saturated carbocycles. The SMILES string of the molecule is Cc1cc(C)c(NC(=O)COC(=O)c2ccc(COc3ccccc3)o2)c(Cl)c1. The Morgan fingerprint density at radius 2 is 1.83 bits per heavy atom. The summed E-state index contributed by atoms with van der Waals surface area (Å²) in [6.07, 6.45) is 0. The smallest absolute Gasteiger partial charge is 0.374 e. The number of esters is 1. The first-order chi connectivity index (χ1) is 13.9. The maximum atomic E-state index is 12.1. The van der Waals surface area contributed by atoms with Gasteiger partial charge in [-0.3, -0.25) is 4.79 Å². The highest BCUT2D eigenvalue weighted by Gasteiger charge is 2.16.